The van der Waals surface area contributed by atoms with Crippen LogP contribution in [0, 0.1) is 0 Å². The van der Waals surface area contributed by atoms with E-state index in [4.69, 9.17) is 15.2 Å². The minimum Gasteiger partial charge on any atom is -0.493 e. The summed E-state index contributed by atoms with van der Waals surface area (Å²) in [7, 11) is 3.15. The summed E-state index contributed by atoms with van der Waals surface area (Å²) < 4.78 is 10.5. The van der Waals surface area contributed by atoms with Gasteiger partial charge in [-0.1, -0.05) is 6.92 Å². The molecule has 2 rings (SSSR count). The van der Waals surface area contributed by atoms with Crippen LogP contribution in [0.3, 0.4) is 0 Å². The summed E-state index contributed by atoms with van der Waals surface area (Å²) in [5, 5.41) is 0. The Kier molecular flexibility index (Phi) is 6.10. The average Bonchev–Trinajstić information content (AvgIpc) is 2.59. The topological polar surface area (TPSA) is 68.0 Å². The number of rotatable bonds is 6. The van der Waals surface area contributed by atoms with E-state index in [9.17, 15) is 4.79 Å². The molecule has 0 aromatic heterocycles. The highest BCUT2D eigenvalue weighted by Crippen LogP contribution is 2.34. The number of piperazine rings is 1. The Labute approximate surface area is 138 Å². The molecule has 1 amide bonds. The van der Waals surface area contributed by atoms with Gasteiger partial charge in [-0.3, -0.25) is 4.79 Å². The Hall–Kier alpha value is -1.95. The minimum atomic E-state index is 0.203. The summed E-state index contributed by atoms with van der Waals surface area (Å²) in [6, 6.07) is 3.74. The molecule has 1 saturated heterocycles. The number of amides is 1. The second-order valence-corrected chi connectivity index (χ2v) is 5.74. The number of ether oxygens (including phenoxy) is 2. The summed E-state index contributed by atoms with van der Waals surface area (Å²) >= 11 is 0. The number of carbonyl (C=O) groups excluding carboxylic acids is 1. The van der Waals surface area contributed by atoms with E-state index in [-0.39, 0.29) is 5.91 Å². The SMILES string of the molecule is CCN1CCN(C(=O)CCc2cc(N)c(OC)c(OC)c2)CC1. The van der Waals surface area contributed by atoms with Gasteiger partial charge >= 0.3 is 0 Å². The fourth-order valence-corrected chi connectivity index (χ4v) is 2.92. The van der Waals surface area contributed by atoms with Crippen molar-refractivity contribution in [3.05, 3.63) is 17.7 Å². The van der Waals surface area contributed by atoms with Crippen molar-refractivity contribution < 1.29 is 14.3 Å². The number of benzene rings is 1. The Balaban J connectivity index is 1.93. The van der Waals surface area contributed by atoms with Crippen molar-refractivity contribution in [2.75, 3.05) is 52.7 Å². The van der Waals surface area contributed by atoms with Crippen molar-refractivity contribution >= 4 is 11.6 Å². The van der Waals surface area contributed by atoms with Crippen LogP contribution in [0.2, 0.25) is 0 Å². The van der Waals surface area contributed by atoms with E-state index in [1.54, 1.807) is 14.2 Å². The number of nitrogens with two attached hydrogens (primary N) is 1. The quantitative estimate of drug-likeness (QED) is 0.802. The van der Waals surface area contributed by atoms with Crippen LogP contribution in [-0.4, -0.2) is 62.7 Å². The summed E-state index contributed by atoms with van der Waals surface area (Å²) in [6.07, 6.45) is 1.14. The van der Waals surface area contributed by atoms with Gasteiger partial charge in [-0.25, -0.2) is 0 Å². The molecule has 1 fully saturated rings. The normalized spacial score (nSPS) is 15.5. The summed E-state index contributed by atoms with van der Waals surface area (Å²) in [4.78, 5) is 16.7. The van der Waals surface area contributed by atoms with E-state index < -0.39 is 0 Å². The van der Waals surface area contributed by atoms with Crippen LogP contribution in [0.15, 0.2) is 12.1 Å². The van der Waals surface area contributed by atoms with Crippen LogP contribution in [0.25, 0.3) is 0 Å². The van der Waals surface area contributed by atoms with E-state index in [0.717, 1.165) is 38.3 Å². The van der Waals surface area contributed by atoms with Gasteiger partial charge in [-0.2, -0.15) is 0 Å². The lowest BCUT2D eigenvalue weighted by atomic mass is 10.1. The molecule has 1 aliphatic heterocycles. The maximum atomic E-state index is 12.3. The third kappa shape index (κ3) is 4.28. The number of nitrogens with zero attached hydrogens (tertiary/aromatic N) is 2. The van der Waals surface area contributed by atoms with Gasteiger partial charge in [-0.15, -0.1) is 0 Å². The fraction of sp³-hybridized carbons (Fsp3) is 0.588. The number of likely N-dealkylation sites (N-methyl/N-ethyl adjacent to an activating group) is 1. The largest absolute Gasteiger partial charge is 0.493 e. The van der Waals surface area contributed by atoms with Crippen LogP contribution < -0.4 is 15.2 Å². The zero-order chi connectivity index (χ0) is 16.8. The van der Waals surface area contributed by atoms with Crippen molar-refractivity contribution in [3.63, 3.8) is 0 Å². The zero-order valence-corrected chi connectivity index (χ0v) is 14.3. The lowest BCUT2D eigenvalue weighted by molar-refractivity contribution is -0.132. The van der Waals surface area contributed by atoms with Gasteiger partial charge in [0.1, 0.15) is 0 Å². The van der Waals surface area contributed by atoms with Gasteiger partial charge in [0, 0.05) is 32.6 Å². The highest BCUT2D eigenvalue weighted by molar-refractivity contribution is 5.76. The molecule has 0 unspecified atom stereocenters. The molecule has 1 heterocycles. The molecule has 1 aromatic carbocycles. The van der Waals surface area contributed by atoms with Crippen LogP contribution in [-0.2, 0) is 11.2 Å². The maximum Gasteiger partial charge on any atom is 0.222 e. The van der Waals surface area contributed by atoms with Gasteiger partial charge in [-0.05, 0) is 30.7 Å². The van der Waals surface area contributed by atoms with Gasteiger partial charge in [0.05, 0.1) is 19.9 Å². The fourth-order valence-electron chi connectivity index (χ4n) is 2.92. The molecule has 0 bridgehead atoms. The number of aryl methyl sites for hydroxylation is 1. The van der Waals surface area contributed by atoms with Gasteiger partial charge in [0.15, 0.2) is 11.5 Å². The van der Waals surface area contributed by atoms with Crippen molar-refractivity contribution in [2.24, 2.45) is 0 Å². The van der Waals surface area contributed by atoms with Crippen LogP contribution in [0.1, 0.15) is 18.9 Å². The van der Waals surface area contributed by atoms with Crippen molar-refractivity contribution in [1.82, 2.24) is 9.80 Å². The van der Waals surface area contributed by atoms with E-state index >= 15 is 0 Å². The molecule has 0 spiro atoms. The number of hydrogen-bond donors (Lipinski definition) is 1. The number of nitrogen functional groups attached to an aromatic ring is 1. The standard InChI is InChI=1S/C17H27N3O3/c1-4-19-7-9-20(10-8-19)16(21)6-5-13-11-14(18)17(23-3)15(12-13)22-2/h11-12H,4-10,18H2,1-3H3. The third-order valence-electron chi connectivity index (χ3n) is 4.37. The lowest BCUT2D eigenvalue weighted by Gasteiger charge is -2.34. The Morgan fingerprint density at radius 3 is 2.43 bits per heavy atom. The summed E-state index contributed by atoms with van der Waals surface area (Å²) in [5.41, 5.74) is 7.50. The molecule has 6 nitrogen and oxygen atoms in total. The Bertz CT molecular complexity index is 540. The number of anilines is 1. The molecule has 128 valence electrons. The van der Waals surface area contributed by atoms with Crippen molar-refractivity contribution in [3.8, 4) is 11.5 Å². The van der Waals surface area contributed by atoms with E-state index in [1.807, 2.05) is 17.0 Å². The first kappa shape index (κ1) is 17.4. The molecule has 0 saturated carbocycles. The second-order valence-electron chi connectivity index (χ2n) is 5.74. The minimum absolute atomic E-state index is 0.203. The molecule has 0 radical (unpaired) electrons. The van der Waals surface area contributed by atoms with Crippen LogP contribution in [0.4, 0.5) is 5.69 Å². The highest BCUT2D eigenvalue weighted by Gasteiger charge is 2.20. The third-order valence-corrected chi connectivity index (χ3v) is 4.37. The van der Waals surface area contributed by atoms with E-state index in [0.29, 0.717) is 30.0 Å². The molecule has 2 N–H and O–H groups in total. The second kappa shape index (κ2) is 8.06. The van der Waals surface area contributed by atoms with Gasteiger partial charge in [0.2, 0.25) is 5.91 Å². The van der Waals surface area contributed by atoms with Gasteiger partial charge in [0.25, 0.3) is 0 Å². The number of carbonyl (C=O) groups is 1. The Morgan fingerprint density at radius 2 is 1.87 bits per heavy atom. The summed E-state index contributed by atoms with van der Waals surface area (Å²) in [5.74, 6) is 1.35. The highest BCUT2D eigenvalue weighted by atomic mass is 16.5. The molecule has 23 heavy (non-hydrogen) atoms. The maximum absolute atomic E-state index is 12.3. The van der Waals surface area contributed by atoms with E-state index in [2.05, 4.69) is 11.8 Å². The Morgan fingerprint density at radius 1 is 1.17 bits per heavy atom. The van der Waals surface area contributed by atoms with Crippen LogP contribution >= 0.6 is 0 Å². The predicted octanol–water partition coefficient (Wildman–Crippen LogP) is 1.38. The monoisotopic (exact) mass is 321 g/mol. The number of methoxy groups -OCH3 is 2. The first-order chi connectivity index (χ1) is 11.1. The smallest absolute Gasteiger partial charge is 0.222 e. The molecule has 0 atom stereocenters. The predicted molar refractivity (Wildman–Crippen MR) is 91.0 cm³/mol. The average molecular weight is 321 g/mol. The molecule has 1 aliphatic rings. The lowest BCUT2D eigenvalue weighted by Crippen LogP contribution is -2.48. The molecule has 0 aliphatic carbocycles. The van der Waals surface area contributed by atoms with Crippen molar-refractivity contribution in [2.45, 2.75) is 19.8 Å². The number of hydrogen-bond acceptors (Lipinski definition) is 5. The molecular formula is C17H27N3O3. The van der Waals surface area contributed by atoms with Gasteiger partial charge < -0.3 is 25.0 Å². The molecular weight excluding hydrogens is 294 g/mol. The first-order valence-electron chi connectivity index (χ1n) is 8.09. The van der Waals surface area contributed by atoms with Crippen molar-refractivity contribution in [1.29, 1.82) is 0 Å². The first-order valence-corrected chi connectivity index (χ1v) is 8.09. The zero-order valence-electron chi connectivity index (χ0n) is 14.3. The molecule has 6 heteroatoms. The molecule has 1 aromatic rings. The van der Waals surface area contributed by atoms with Crippen LogP contribution in [0.5, 0.6) is 11.5 Å². The summed E-state index contributed by atoms with van der Waals surface area (Å²) in [6.45, 7) is 6.77. The van der Waals surface area contributed by atoms with E-state index in [1.165, 1.54) is 0 Å².